The molecule has 9 N–H and O–H groups in total. The topological polar surface area (TPSA) is 283 Å². The Labute approximate surface area is 395 Å². The third kappa shape index (κ3) is 12.0. The zero-order valence-corrected chi connectivity index (χ0v) is 42.0. The molecule has 6 unspecified atom stereocenters. The van der Waals surface area contributed by atoms with Gasteiger partial charge in [-0.1, -0.05) is 94.9 Å². The first kappa shape index (κ1) is 54.3. The molecule has 10 atom stereocenters. The largest absolute Gasteiger partial charge is 0.444 e. The van der Waals surface area contributed by atoms with E-state index in [1.165, 1.54) is 4.90 Å². The molecule has 0 aromatic rings. The van der Waals surface area contributed by atoms with E-state index >= 15 is 0 Å². The number of nitrogens with two attached hydrogens (primary N) is 3. The van der Waals surface area contributed by atoms with E-state index in [0.717, 1.165) is 25.7 Å². The number of carbonyl (C=O) groups excluding carboxylic acids is 9. The highest BCUT2D eigenvalue weighted by atomic mass is 35.5. The van der Waals surface area contributed by atoms with Gasteiger partial charge in [-0.3, -0.25) is 38.4 Å². The molecule has 0 radical (unpaired) electrons. The van der Waals surface area contributed by atoms with Crippen molar-refractivity contribution in [2.24, 2.45) is 74.4 Å². The molecule has 6 fully saturated rings. The third-order valence-corrected chi connectivity index (χ3v) is 14.8. The van der Waals surface area contributed by atoms with E-state index in [1.807, 2.05) is 41.5 Å². The monoisotopic (exact) mass is 949 g/mol. The van der Waals surface area contributed by atoms with Crippen LogP contribution in [-0.2, 0) is 43.1 Å². The van der Waals surface area contributed by atoms with Crippen LogP contribution in [0.5, 0.6) is 0 Å². The molecule has 4 aliphatic carbocycles. The molecule has 6 aliphatic rings. The molecule has 18 nitrogen and oxygen atoms in total. The molecular weight excluding hydrogens is 872 g/mol. The molecule has 0 spiro atoms. The number of Topliss-reactive ketones (excluding diaryl/α,β-unsaturated/α-hetero) is 2. The van der Waals surface area contributed by atoms with Crippen molar-refractivity contribution in [1.29, 1.82) is 0 Å². The summed E-state index contributed by atoms with van der Waals surface area (Å²) in [5.74, 6) is -4.35. The molecule has 7 amide bonds. The molecule has 0 bridgehead atoms. The van der Waals surface area contributed by atoms with Gasteiger partial charge in [0.05, 0.1) is 18.1 Å². The zero-order valence-electron chi connectivity index (χ0n) is 41.2. The number of hydrogen-bond donors (Lipinski definition) is 6. The van der Waals surface area contributed by atoms with Crippen LogP contribution >= 0.6 is 12.4 Å². The SMILES string of the molecule is CC(C)(C)C(N)C(=O)N1CC2[C@@H]([C@H]1C(=O)NC(CC1CC1)C(=O)C(N)=O)C2(C)C.CC(C)(C)OC(=O)NC(C(=O)N1CC2[C@@H]([C@H]1C(=O)NC(CC1CC1)C(=O)C(N)=O)C2(C)C)C(C)(C)C.Cl. The minimum atomic E-state index is -1.08. The lowest BCUT2D eigenvalue weighted by Gasteiger charge is -2.38. The van der Waals surface area contributed by atoms with Gasteiger partial charge in [-0.15, -0.1) is 12.4 Å². The van der Waals surface area contributed by atoms with Gasteiger partial charge in [0, 0.05) is 13.1 Å². The quantitative estimate of drug-likeness (QED) is 0.130. The number of halogens is 1. The molecule has 2 heterocycles. The Morgan fingerprint density at radius 1 is 0.606 bits per heavy atom. The van der Waals surface area contributed by atoms with E-state index in [-0.39, 0.29) is 64.6 Å². The average Bonchev–Trinajstić information content (AvgIpc) is 4.14. The second kappa shape index (κ2) is 19.0. The number of carbonyl (C=O) groups is 9. The summed E-state index contributed by atoms with van der Waals surface area (Å²) in [5, 5.41) is 8.20. The number of piperidine rings is 2. The van der Waals surface area contributed by atoms with E-state index in [1.54, 1.807) is 25.7 Å². The lowest BCUT2D eigenvalue weighted by atomic mass is 9.85. The molecule has 372 valence electrons. The number of ketones is 2. The summed E-state index contributed by atoms with van der Waals surface area (Å²) >= 11 is 0. The maximum absolute atomic E-state index is 13.8. The van der Waals surface area contributed by atoms with Gasteiger partial charge in [-0.2, -0.15) is 0 Å². The van der Waals surface area contributed by atoms with Gasteiger partial charge < -0.3 is 47.7 Å². The van der Waals surface area contributed by atoms with Gasteiger partial charge in [0.1, 0.15) is 23.7 Å². The van der Waals surface area contributed by atoms with Gasteiger partial charge in [0.25, 0.3) is 11.8 Å². The third-order valence-electron chi connectivity index (χ3n) is 14.8. The van der Waals surface area contributed by atoms with Crippen LogP contribution in [0.4, 0.5) is 4.79 Å². The summed E-state index contributed by atoms with van der Waals surface area (Å²) in [7, 11) is 0. The standard InChI is InChI=1S/C26H42N4O6.C21H34N4O4.ClH/c1-24(2,3)19(29-23(35)36-25(4,5)6)22(34)30-12-14-16(26(14,7)8)17(30)21(33)28-15(11-13-9-10-13)18(31)20(27)32;1-20(2,3)16(22)19(29)25-9-11-13(21(11,4)5)14(25)18(28)24-12(8-10-6-7-10)15(26)17(23)27;/h13-17,19H,9-12H2,1-8H3,(H2,27,32)(H,28,33)(H,29,35);10-14,16H,6-9,22H2,1-5H3,(H2,23,27)(H,24,28);1H/t14?,15?,16-,17-,19?;11?,12?,13-,14-,16?;/m00./s1. The van der Waals surface area contributed by atoms with Gasteiger partial charge in [-0.05, 0) is 90.8 Å². The predicted octanol–water partition coefficient (Wildman–Crippen LogP) is 2.35. The molecule has 2 saturated heterocycles. The minimum Gasteiger partial charge on any atom is -0.444 e. The fourth-order valence-electron chi connectivity index (χ4n) is 10.1. The van der Waals surface area contributed by atoms with E-state index in [4.69, 9.17) is 21.9 Å². The van der Waals surface area contributed by atoms with Gasteiger partial charge in [0.15, 0.2) is 0 Å². The van der Waals surface area contributed by atoms with Crippen LogP contribution < -0.4 is 33.2 Å². The second-order valence-electron chi connectivity index (χ2n) is 24.0. The number of primary amides is 2. The van der Waals surface area contributed by atoms with Gasteiger partial charge >= 0.3 is 6.09 Å². The van der Waals surface area contributed by atoms with Crippen LogP contribution in [0, 0.1) is 57.2 Å². The highest BCUT2D eigenvalue weighted by Gasteiger charge is 2.71. The molecule has 19 heteroatoms. The first-order chi connectivity index (χ1) is 29.6. The molecule has 6 rings (SSSR count). The van der Waals surface area contributed by atoms with Crippen LogP contribution in [-0.4, -0.2) is 118 Å². The number of alkyl carbamates (subject to hydrolysis) is 1. The van der Waals surface area contributed by atoms with Crippen molar-refractivity contribution in [3.63, 3.8) is 0 Å². The fraction of sp³-hybridized carbons (Fsp3) is 0.809. The number of nitrogens with one attached hydrogen (secondary N) is 3. The highest BCUT2D eigenvalue weighted by Crippen LogP contribution is 2.66. The number of hydrogen-bond acceptors (Lipinski definition) is 11. The molecular formula is C47H77ClN8O10. The number of likely N-dealkylation sites (tertiary alicyclic amines) is 2. The van der Waals surface area contributed by atoms with Crippen LogP contribution in [0.3, 0.4) is 0 Å². The molecule has 66 heavy (non-hydrogen) atoms. The smallest absolute Gasteiger partial charge is 0.408 e. The lowest BCUT2D eigenvalue weighted by Crippen LogP contribution is -2.60. The van der Waals surface area contributed by atoms with E-state index in [0.29, 0.717) is 31.8 Å². The number of fused-ring (bicyclic) bond motifs is 2. The second-order valence-corrected chi connectivity index (χ2v) is 24.0. The van der Waals surface area contributed by atoms with E-state index < -0.39 is 94.0 Å². The molecule has 0 aromatic heterocycles. The van der Waals surface area contributed by atoms with Gasteiger partial charge in [0.2, 0.25) is 35.2 Å². The van der Waals surface area contributed by atoms with Crippen molar-refractivity contribution < 1.29 is 47.9 Å². The Morgan fingerprint density at radius 2 is 0.970 bits per heavy atom. The first-order valence-corrected chi connectivity index (χ1v) is 23.2. The number of amides is 7. The Morgan fingerprint density at radius 3 is 1.27 bits per heavy atom. The Hall–Kier alpha value is -4.32. The highest BCUT2D eigenvalue weighted by molar-refractivity contribution is 6.38. The summed E-state index contributed by atoms with van der Waals surface area (Å²) in [6.45, 7) is 25.5. The van der Waals surface area contributed by atoms with Crippen molar-refractivity contribution in [2.45, 2.75) is 170 Å². The van der Waals surface area contributed by atoms with Crippen molar-refractivity contribution >= 4 is 65.5 Å². The van der Waals surface area contributed by atoms with Crippen molar-refractivity contribution in [2.75, 3.05) is 13.1 Å². The van der Waals surface area contributed by atoms with Crippen LogP contribution in [0.1, 0.15) is 129 Å². The summed E-state index contributed by atoms with van der Waals surface area (Å²) in [6, 6.07) is -5.09. The molecule has 4 saturated carbocycles. The first-order valence-electron chi connectivity index (χ1n) is 23.2. The fourth-order valence-corrected chi connectivity index (χ4v) is 10.1. The van der Waals surface area contributed by atoms with Crippen molar-refractivity contribution in [3.05, 3.63) is 0 Å². The average molecular weight is 950 g/mol. The summed E-state index contributed by atoms with van der Waals surface area (Å²) in [6.07, 6.45) is 3.89. The van der Waals surface area contributed by atoms with Crippen LogP contribution in [0.15, 0.2) is 0 Å². The van der Waals surface area contributed by atoms with Crippen molar-refractivity contribution in [1.82, 2.24) is 25.8 Å². The minimum absolute atomic E-state index is 0. The lowest BCUT2D eigenvalue weighted by molar-refractivity contribution is -0.145. The Kier molecular flexibility index (Phi) is 15.6. The Bertz CT molecular complexity index is 1960. The molecule has 2 aliphatic heterocycles. The van der Waals surface area contributed by atoms with E-state index in [2.05, 4.69) is 43.6 Å². The van der Waals surface area contributed by atoms with Crippen molar-refractivity contribution in [3.8, 4) is 0 Å². The number of rotatable bonds is 15. The van der Waals surface area contributed by atoms with Crippen LogP contribution in [0.25, 0.3) is 0 Å². The zero-order chi connectivity index (χ0) is 49.3. The Balaban J connectivity index is 0.000000290. The maximum Gasteiger partial charge on any atom is 0.408 e. The molecule has 0 aromatic carbocycles. The summed E-state index contributed by atoms with van der Waals surface area (Å²) < 4.78 is 5.38. The number of ether oxygens (including phenoxy) is 1. The number of nitrogens with zero attached hydrogens (tertiary/aromatic N) is 2. The van der Waals surface area contributed by atoms with E-state index in [9.17, 15) is 43.2 Å². The normalized spacial score (nSPS) is 27.4. The summed E-state index contributed by atoms with van der Waals surface area (Å²) in [5.41, 5.74) is 14.6. The predicted molar refractivity (Wildman–Crippen MR) is 247 cm³/mol. The van der Waals surface area contributed by atoms with Crippen LogP contribution in [0.2, 0.25) is 0 Å². The maximum atomic E-state index is 13.8. The van der Waals surface area contributed by atoms with Gasteiger partial charge in [-0.25, -0.2) is 4.79 Å². The summed E-state index contributed by atoms with van der Waals surface area (Å²) in [4.78, 5) is 117.